The van der Waals surface area contributed by atoms with Crippen LogP contribution in [0.4, 0.5) is 10.7 Å². The van der Waals surface area contributed by atoms with Gasteiger partial charge in [0.25, 0.3) is 5.91 Å². The van der Waals surface area contributed by atoms with E-state index < -0.39 is 0 Å². The number of rotatable bonds is 6. The van der Waals surface area contributed by atoms with Crippen LogP contribution >= 0.6 is 22.7 Å². The maximum atomic E-state index is 13.0. The molecule has 168 valence electrons. The highest BCUT2D eigenvalue weighted by molar-refractivity contribution is 7.14. The quantitative estimate of drug-likeness (QED) is 0.358. The van der Waals surface area contributed by atoms with Gasteiger partial charge in [0.2, 0.25) is 0 Å². The molecule has 4 aromatic rings. The number of thiophene rings is 1. The average Bonchev–Trinajstić information content (AvgIpc) is 3.59. The van der Waals surface area contributed by atoms with E-state index >= 15 is 0 Å². The van der Waals surface area contributed by atoms with Crippen LogP contribution in [0.3, 0.4) is 0 Å². The number of nitrogens with one attached hydrogen (secondary N) is 1. The number of ether oxygens (including phenoxy) is 1. The van der Waals surface area contributed by atoms with Crippen molar-refractivity contribution in [3.8, 4) is 11.3 Å². The van der Waals surface area contributed by atoms with E-state index in [1.54, 1.807) is 0 Å². The van der Waals surface area contributed by atoms with Gasteiger partial charge in [-0.2, -0.15) is 0 Å². The Balaban J connectivity index is 1.67. The fourth-order valence-corrected chi connectivity index (χ4v) is 5.62. The van der Waals surface area contributed by atoms with Crippen LogP contribution in [0.15, 0.2) is 77.1 Å². The molecule has 3 heterocycles. The van der Waals surface area contributed by atoms with Crippen LogP contribution in [0.1, 0.15) is 28.1 Å². The second-order valence-electron chi connectivity index (χ2n) is 8.05. The summed E-state index contributed by atoms with van der Waals surface area (Å²) in [6, 6.07) is 22.1. The number of nitrogens with zero attached hydrogens (tertiary/aromatic N) is 2. The minimum atomic E-state index is -0.102. The van der Waals surface area contributed by atoms with Crippen molar-refractivity contribution < 1.29 is 9.53 Å². The molecule has 1 fully saturated rings. The van der Waals surface area contributed by atoms with Crippen LogP contribution in [-0.2, 0) is 11.3 Å². The summed E-state index contributed by atoms with van der Waals surface area (Å²) in [6.45, 7) is 3.57. The second-order valence-corrected chi connectivity index (χ2v) is 9.98. The highest BCUT2D eigenvalue weighted by atomic mass is 32.1. The summed E-state index contributed by atoms with van der Waals surface area (Å²) in [5.41, 5.74) is 4.09. The Bertz CT molecular complexity index is 1280. The Morgan fingerprint density at radius 1 is 1.12 bits per heavy atom. The zero-order valence-corrected chi connectivity index (χ0v) is 20.0. The summed E-state index contributed by atoms with van der Waals surface area (Å²) < 4.78 is 8.19. The predicted octanol–water partition coefficient (Wildman–Crippen LogP) is 6.25. The number of benzene rings is 2. The molecule has 1 atom stereocenters. The lowest BCUT2D eigenvalue weighted by Gasteiger charge is -2.15. The summed E-state index contributed by atoms with van der Waals surface area (Å²) in [4.78, 5) is 19.5. The first-order chi connectivity index (χ1) is 16.2. The lowest BCUT2D eigenvalue weighted by atomic mass is 10.1. The Morgan fingerprint density at radius 3 is 2.64 bits per heavy atom. The lowest BCUT2D eigenvalue weighted by Crippen LogP contribution is -2.24. The van der Waals surface area contributed by atoms with Gasteiger partial charge < -0.3 is 14.6 Å². The van der Waals surface area contributed by atoms with Crippen molar-refractivity contribution in [2.75, 3.05) is 11.9 Å². The molecule has 1 aliphatic heterocycles. The standard InChI is InChI=1S/C26H25N3O2S2/c1-18-11-13-19(14-12-18)23-25(28-24(30)22-10-6-16-32-22)33-26(27-20-7-3-2-4-8-20)29(23)17-21-9-5-15-31-21/h2-4,6-8,10-14,16,21H,5,9,15,17H2,1H3,(H,28,30). The molecule has 2 aromatic heterocycles. The number of para-hydroxylation sites is 1. The van der Waals surface area contributed by atoms with Crippen molar-refractivity contribution in [2.24, 2.45) is 4.99 Å². The number of aryl methyl sites for hydroxylation is 1. The summed E-state index contributed by atoms with van der Waals surface area (Å²) in [5.74, 6) is -0.102. The molecule has 1 aliphatic rings. The number of carbonyl (C=O) groups is 1. The van der Waals surface area contributed by atoms with Gasteiger partial charge in [-0.3, -0.25) is 4.79 Å². The van der Waals surface area contributed by atoms with Crippen LogP contribution in [0.25, 0.3) is 11.3 Å². The van der Waals surface area contributed by atoms with Gasteiger partial charge in [-0.1, -0.05) is 65.4 Å². The molecule has 0 saturated carbocycles. The fourth-order valence-electron chi connectivity index (χ4n) is 3.93. The van der Waals surface area contributed by atoms with Crippen molar-refractivity contribution in [1.82, 2.24) is 4.57 Å². The number of hydrogen-bond acceptors (Lipinski definition) is 5. The third-order valence-corrected chi connectivity index (χ3v) is 7.46. The topological polar surface area (TPSA) is 55.6 Å². The number of thiazole rings is 1. The summed E-state index contributed by atoms with van der Waals surface area (Å²) in [7, 11) is 0. The van der Waals surface area contributed by atoms with Crippen LogP contribution in [0.5, 0.6) is 0 Å². The van der Waals surface area contributed by atoms with E-state index in [2.05, 4.69) is 41.1 Å². The second kappa shape index (κ2) is 9.87. The molecule has 2 aromatic carbocycles. The lowest BCUT2D eigenvalue weighted by molar-refractivity contribution is 0.0968. The van der Waals surface area contributed by atoms with Gasteiger partial charge in [0, 0.05) is 12.2 Å². The normalized spacial score (nSPS) is 16.3. The van der Waals surface area contributed by atoms with Crippen molar-refractivity contribution in [3.05, 3.63) is 87.4 Å². The van der Waals surface area contributed by atoms with Crippen molar-refractivity contribution in [3.63, 3.8) is 0 Å². The van der Waals surface area contributed by atoms with E-state index in [1.807, 2.05) is 47.8 Å². The maximum absolute atomic E-state index is 13.0. The van der Waals surface area contributed by atoms with E-state index in [4.69, 9.17) is 9.73 Å². The fraction of sp³-hybridized carbons (Fsp3) is 0.231. The highest BCUT2D eigenvalue weighted by Gasteiger charge is 2.23. The third-order valence-electron chi connectivity index (χ3n) is 5.60. The molecule has 1 N–H and O–H groups in total. The van der Waals surface area contributed by atoms with Crippen LogP contribution in [0, 0.1) is 6.92 Å². The van der Waals surface area contributed by atoms with E-state index in [0.29, 0.717) is 11.4 Å². The van der Waals surface area contributed by atoms with Crippen LogP contribution in [-0.4, -0.2) is 23.2 Å². The largest absolute Gasteiger partial charge is 0.376 e. The van der Waals surface area contributed by atoms with E-state index in [-0.39, 0.29) is 12.0 Å². The minimum Gasteiger partial charge on any atom is -0.376 e. The van der Waals surface area contributed by atoms with E-state index in [0.717, 1.165) is 46.2 Å². The molecule has 1 unspecified atom stereocenters. The molecule has 0 aliphatic carbocycles. The Labute approximate surface area is 201 Å². The molecule has 7 heteroatoms. The van der Waals surface area contributed by atoms with Gasteiger partial charge in [-0.15, -0.1) is 11.3 Å². The molecule has 1 amide bonds. The minimum absolute atomic E-state index is 0.102. The molecule has 5 nitrogen and oxygen atoms in total. The number of hydrogen-bond donors (Lipinski definition) is 1. The molecular formula is C26H25N3O2S2. The molecule has 0 spiro atoms. The first-order valence-electron chi connectivity index (χ1n) is 11.0. The van der Waals surface area contributed by atoms with E-state index in [1.165, 1.54) is 28.2 Å². The predicted molar refractivity (Wildman–Crippen MR) is 135 cm³/mol. The number of anilines is 1. The first-order valence-corrected chi connectivity index (χ1v) is 12.7. The van der Waals surface area contributed by atoms with Gasteiger partial charge in [0.1, 0.15) is 5.00 Å². The van der Waals surface area contributed by atoms with Crippen LogP contribution < -0.4 is 10.1 Å². The molecule has 33 heavy (non-hydrogen) atoms. The number of aromatic nitrogens is 1. The molecular weight excluding hydrogens is 450 g/mol. The number of amides is 1. The average molecular weight is 476 g/mol. The summed E-state index contributed by atoms with van der Waals surface area (Å²) >= 11 is 2.94. The summed E-state index contributed by atoms with van der Waals surface area (Å²) in [5, 5.41) is 5.88. The third kappa shape index (κ3) is 5.00. The maximum Gasteiger partial charge on any atom is 0.266 e. The van der Waals surface area contributed by atoms with Crippen molar-refractivity contribution in [2.45, 2.75) is 32.4 Å². The number of carbonyl (C=O) groups excluding carboxylic acids is 1. The van der Waals surface area contributed by atoms with Crippen molar-refractivity contribution >= 4 is 39.3 Å². The monoisotopic (exact) mass is 475 g/mol. The SMILES string of the molecule is Cc1ccc(-c2c(NC(=O)c3cccs3)sc(=Nc3ccccc3)n2CC2CCCO2)cc1. The molecule has 0 bridgehead atoms. The zero-order valence-electron chi connectivity index (χ0n) is 18.4. The highest BCUT2D eigenvalue weighted by Crippen LogP contribution is 2.33. The van der Waals surface area contributed by atoms with Gasteiger partial charge >= 0.3 is 0 Å². The summed E-state index contributed by atoms with van der Waals surface area (Å²) in [6.07, 6.45) is 2.24. The van der Waals surface area contributed by atoms with Gasteiger partial charge in [-0.05, 0) is 43.3 Å². The smallest absolute Gasteiger partial charge is 0.266 e. The first kappa shape index (κ1) is 21.8. The van der Waals surface area contributed by atoms with Gasteiger partial charge in [0.15, 0.2) is 4.80 Å². The molecule has 5 rings (SSSR count). The Kier molecular flexibility index (Phi) is 6.53. The Morgan fingerprint density at radius 2 is 1.94 bits per heavy atom. The molecule has 1 saturated heterocycles. The van der Waals surface area contributed by atoms with Gasteiger partial charge in [-0.25, -0.2) is 4.99 Å². The van der Waals surface area contributed by atoms with Crippen LogP contribution in [0.2, 0.25) is 0 Å². The van der Waals surface area contributed by atoms with Gasteiger partial charge in [0.05, 0.1) is 28.9 Å². The van der Waals surface area contributed by atoms with E-state index in [9.17, 15) is 4.79 Å². The van der Waals surface area contributed by atoms with Crippen molar-refractivity contribution in [1.29, 1.82) is 0 Å². The Hall–Kier alpha value is -3.00. The molecule has 0 radical (unpaired) electrons. The zero-order chi connectivity index (χ0) is 22.6.